The molecule has 2 unspecified atom stereocenters. The first kappa shape index (κ1) is 22.4. The van der Waals surface area contributed by atoms with Crippen LogP contribution in [0.25, 0.3) is 0 Å². The molecular formula is C18H29Ge2P2. The van der Waals surface area contributed by atoms with E-state index in [1.807, 2.05) is 30.3 Å². The molecule has 2 aromatic rings. The predicted molar refractivity (Wildman–Crippen MR) is 115 cm³/mol. The fraction of sp³-hybridized carbons (Fsp3) is 0.333. The first-order chi connectivity index (χ1) is 10.6. The summed E-state index contributed by atoms with van der Waals surface area (Å²) in [5, 5.41) is 4.28. The van der Waals surface area contributed by atoms with E-state index in [0.29, 0.717) is 15.4 Å². The SMILES string of the molecule is Pc1ccccc1.[CH3][Ge]([CH3])[CH2]CPc1ccccc1.[CH3][Ge][CH3]. The van der Waals surface area contributed by atoms with Gasteiger partial charge in [-0.3, -0.25) is 0 Å². The van der Waals surface area contributed by atoms with E-state index in [9.17, 15) is 0 Å². The zero-order valence-corrected chi connectivity index (χ0v) is 20.6. The summed E-state index contributed by atoms with van der Waals surface area (Å²) in [6, 6.07) is 21.0. The van der Waals surface area contributed by atoms with E-state index in [0.717, 1.165) is 8.58 Å². The Morgan fingerprint density at radius 3 is 1.73 bits per heavy atom. The molecule has 0 saturated carbocycles. The zero-order chi connectivity index (χ0) is 16.6. The number of benzene rings is 2. The molecule has 0 bridgehead atoms. The Balaban J connectivity index is 0.000000372. The van der Waals surface area contributed by atoms with Crippen molar-refractivity contribution in [3.8, 4) is 0 Å². The van der Waals surface area contributed by atoms with Crippen LogP contribution in [0.4, 0.5) is 0 Å². The summed E-state index contributed by atoms with van der Waals surface area (Å²) < 4.78 is 0. The van der Waals surface area contributed by atoms with E-state index in [2.05, 4.69) is 62.6 Å². The van der Waals surface area contributed by atoms with E-state index in [1.165, 1.54) is 22.0 Å². The van der Waals surface area contributed by atoms with Crippen molar-refractivity contribution in [1.29, 1.82) is 0 Å². The van der Waals surface area contributed by atoms with Crippen LogP contribution in [0.5, 0.6) is 0 Å². The van der Waals surface area contributed by atoms with Gasteiger partial charge >= 0.3 is 108 Å². The van der Waals surface area contributed by atoms with Gasteiger partial charge in [-0.1, -0.05) is 30.3 Å². The van der Waals surface area contributed by atoms with Crippen LogP contribution in [-0.4, -0.2) is 35.9 Å². The summed E-state index contributed by atoms with van der Waals surface area (Å²) in [6.07, 6.45) is 1.42. The van der Waals surface area contributed by atoms with Crippen molar-refractivity contribution in [2.24, 2.45) is 0 Å². The molecular weight excluding hydrogens is 423 g/mol. The molecule has 0 aliphatic heterocycles. The van der Waals surface area contributed by atoms with Gasteiger partial charge in [0, 0.05) is 0 Å². The third-order valence-electron chi connectivity index (χ3n) is 2.53. The van der Waals surface area contributed by atoms with E-state index in [4.69, 9.17) is 0 Å². The van der Waals surface area contributed by atoms with Crippen LogP contribution >= 0.6 is 17.8 Å². The molecule has 4 heteroatoms. The molecule has 0 aromatic heterocycles. The molecule has 0 saturated heterocycles. The minimum absolute atomic E-state index is 0.500. The molecule has 3 radical (unpaired) electrons. The number of hydrogen-bond acceptors (Lipinski definition) is 0. The minimum atomic E-state index is -0.535. The van der Waals surface area contributed by atoms with Crippen molar-refractivity contribution in [3.63, 3.8) is 0 Å². The third kappa shape index (κ3) is 15.3. The monoisotopic (exact) mass is 455 g/mol. The maximum absolute atomic E-state index is 2.63. The van der Waals surface area contributed by atoms with Crippen LogP contribution in [0.2, 0.25) is 28.3 Å². The van der Waals surface area contributed by atoms with Gasteiger partial charge < -0.3 is 0 Å². The van der Waals surface area contributed by atoms with Crippen LogP contribution < -0.4 is 10.6 Å². The van der Waals surface area contributed by atoms with Crippen LogP contribution in [-0.2, 0) is 0 Å². The Bertz CT molecular complexity index is 447. The number of hydrogen-bond donors (Lipinski definition) is 0. The third-order valence-corrected chi connectivity index (χ3v) is 7.83. The molecule has 0 aliphatic carbocycles. The first-order valence-electron chi connectivity index (χ1n) is 7.57. The average Bonchev–Trinajstić information content (AvgIpc) is 2.50. The average molecular weight is 453 g/mol. The van der Waals surface area contributed by atoms with E-state index >= 15 is 0 Å². The predicted octanol–water partition coefficient (Wildman–Crippen LogP) is 4.72. The summed E-state index contributed by atoms with van der Waals surface area (Å²) in [4.78, 5) is 0. The molecule has 0 spiro atoms. The van der Waals surface area contributed by atoms with Crippen LogP contribution in [0, 0.1) is 0 Å². The molecule has 22 heavy (non-hydrogen) atoms. The van der Waals surface area contributed by atoms with Crippen molar-refractivity contribution < 1.29 is 0 Å². The van der Waals surface area contributed by atoms with Crippen LogP contribution in [0.15, 0.2) is 60.7 Å². The molecule has 2 rings (SSSR count). The molecule has 0 fully saturated rings. The van der Waals surface area contributed by atoms with Crippen LogP contribution in [0.3, 0.4) is 0 Å². The summed E-state index contributed by atoms with van der Waals surface area (Å²) in [6.45, 7) is 0. The molecule has 0 N–H and O–H groups in total. The molecule has 0 heterocycles. The van der Waals surface area contributed by atoms with Gasteiger partial charge in [0.1, 0.15) is 0 Å². The van der Waals surface area contributed by atoms with E-state index < -0.39 is 14.3 Å². The Labute approximate surface area is 152 Å². The standard InChI is InChI=1S/C10H16GeP.C6H7P.C2H6Ge/c1-11(2)8-9-12-10-6-4-3-5-7-10;7-6-4-2-1-3-5-6;1-3-2/h3-7,12H,8-9H2,1-2H3;1-5H,7H2;1-2H3. The van der Waals surface area contributed by atoms with Gasteiger partial charge in [-0.2, -0.15) is 0 Å². The second kappa shape index (κ2) is 16.3. The van der Waals surface area contributed by atoms with Gasteiger partial charge in [0.15, 0.2) is 0 Å². The van der Waals surface area contributed by atoms with Crippen molar-refractivity contribution in [2.75, 3.05) is 6.16 Å². The molecule has 2 atom stereocenters. The van der Waals surface area contributed by atoms with Crippen molar-refractivity contribution in [2.45, 2.75) is 28.3 Å². The van der Waals surface area contributed by atoms with Gasteiger partial charge in [-0.25, -0.2) is 0 Å². The molecule has 0 amide bonds. The Kier molecular flexibility index (Phi) is 16.5. The Morgan fingerprint density at radius 2 is 1.36 bits per heavy atom. The summed E-state index contributed by atoms with van der Waals surface area (Å²) in [7, 11) is 3.67. The Hall–Kier alpha value is 0.386. The van der Waals surface area contributed by atoms with Gasteiger partial charge in [-0.05, 0) is 5.30 Å². The van der Waals surface area contributed by atoms with Gasteiger partial charge in [0.2, 0.25) is 0 Å². The van der Waals surface area contributed by atoms with Crippen molar-refractivity contribution in [3.05, 3.63) is 60.7 Å². The fourth-order valence-corrected chi connectivity index (χ4v) is 6.96. The summed E-state index contributed by atoms with van der Waals surface area (Å²) in [5.74, 6) is 9.41. The Morgan fingerprint density at radius 1 is 0.909 bits per heavy atom. The quantitative estimate of drug-likeness (QED) is 0.465. The summed E-state index contributed by atoms with van der Waals surface area (Å²) >= 11 is -0.0354. The van der Waals surface area contributed by atoms with Gasteiger partial charge in [0.25, 0.3) is 0 Å². The molecule has 2 aromatic carbocycles. The molecule has 0 aliphatic rings. The second-order valence-electron chi connectivity index (χ2n) is 5.16. The van der Waals surface area contributed by atoms with Crippen molar-refractivity contribution in [1.82, 2.24) is 0 Å². The van der Waals surface area contributed by atoms with Crippen LogP contribution in [0.1, 0.15) is 0 Å². The maximum atomic E-state index is 2.63. The van der Waals surface area contributed by atoms with E-state index in [-0.39, 0.29) is 0 Å². The zero-order valence-electron chi connectivity index (χ0n) is 14.3. The molecule has 0 nitrogen and oxygen atoms in total. The second-order valence-corrected chi connectivity index (χ2v) is 15.5. The molecule has 119 valence electrons. The number of rotatable bonds is 4. The van der Waals surface area contributed by atoms with E-state index in [1.54, 1.807) is 0 Å². The van der Waals surface area contributed by atoms with Gasteiger partial charge in [0.05, 0.1) is 0 Å². The van der Waals surface area contributed by atoms with Crippen molar-refractivity contribution >= 4 is 58.2 Å². The fourth-order valence-electron chi connectivity index (χ4n) is 1.47. The topological polar surface area (TPSA) is 0 Å². The first-order valence-corrected chi connectivity index (χ1v) is 19.2. The van der Waals surface area contributed by atoms with Gasteiger partial charge in [-0.15, -0.1) is 9.24 Å². The summed E-state index contributed by atoms with van der Waals surface area (Å²) in [5.41, 5.74) is 0. The normalized spacial score (nSPS) is 9.91.